The van der Waals surface area contributed by atoms with Crippen molar-refractivity contribution in [2.45, 2.75) is 19.5 Å². The van der Waals surface area contributed by atoms with Crippen molar-refractivity contribution in [3.05, 3.63) is 53.3 Å². The topological polar surface area (TPSA) is 56.1 Å². The summed E-state index contributed by atoms with van der Waals surface area (Å²) in [7, 11) is 3.29. The second-order valence-electron chi connectivity index (χ2n) is 4.65. The molecule has 1 aromatic heterocycles. The molecule has 5 heteroatoms. The van der Waals surface area contributed by atoms with Crippen LogP contribution in [0, 0.1) is 6.92 Å². The summed E-state index contributed by atoms with van der Waals surface area (Å²) in [5, 5.41) is 7.51. The lowest BCUT2D eigenvalue weighted by molar-refractivity contribution is -0.143. The van der Waals surface area contributed by atoms with E-state index in [1.165, 1.54) is 7.11 Å². The van der Waals surface area contributed by atoms with Gasteiger partial charge in [0.2, 0.25) is 0 Å². The molecule has 0 saturated heterocycles. The Hall–Kier alpha value is -2.14. The molecule has 5 nitrogen and oxygen atoms in total. The first-order valence-electron chi connectivity index (χ1n) is 6.47. The number of nitrogens with zero attached hydrogens (tertiary/aromatic N) is 2. The Morgan fingerprint density at radius 1 is 1.40 bits per heavy atom. The van der Waals surface area contributed by atoms with E-state index in [4.69, 9.17) is 4.74 Å². The van der Waals surface area contributed by atoms with Crippen molar-refractivity contribution >= 4 is 5.97 Å². The number of carbonyl (C=O) groups is 1. The smallest absolute Gasteiger partial charge is 0.327 e. The van der Waals surface area contributed by atoms with Gasteiger partial charge in [0, 0.05) is 13.6 Å². The molecular formula is C15H19N3O2. The highest BCUT2D eigenvalue weighted by atomic mass is 16.5. The minimum atomic E-state index is -0.476. The zero-order valence-electron chi connectivity index (χ0n) is 12.0. The maximum absolute atomic E-state index is 11.9. The number of ether oxygens (including phenoxy) is 1. The van der Waals surface area contributed by atoms with Gasteiger partial charge in [0.1, 0.15) is 6.04 Å². The predicted molar refractivity (Wildman–Crippen MR) is 76.0 cm³/mol. The molecule has 0 amide bonds. The van der Waals surface area contributed by atoms with Gasteiger partial charge in [-0.1, -0.05) is 30.3 Å². The predicted octanol–water partition coefficient (Wildman–Crippen LogP) is 1.73. The minimum absolute atomic E-state index is 0.296. The lowest BCUT2D eigenvalue weighted by Gasteiger charge is -2.16. The van der Waals surface area contributed by atoms with E-state index < -0.39 is 6.04 Å². The maximum Gasteiger partial charge on any atom is 0.327 e. The van der Waals surface area contributed by atoms with Gasteiger partial charge in [0.15, 0.2) is 0 Å². The SMILES string of the molecule is COC(=O)C(NCc1cc(C)nn1C)c1ccccc1. The Morgan fingerprint density at radius 3 is 2.65 bits per heavy atom. The number of methoxy groups -OCH3 is 1. The van der Waals surface area contributed by atoms with Crippen LogP contribution in [0.4, 0.5) is 0 Å². The van der Waals surface area contributed by atoms with Crippen molar-refractivity contribution in [1.82, 2.24) is 15.1 Å². The van der Waals surface area contributed by atoms with Crippen LogP contribution in [0.15, 0.2) is 36.4 Å². The first-order valence-corrected chi connectivity index (χ1v) is 6.47. The van der Waals surface area contributed by atoms with Gasteiger partial charge in [0.25, 0.3) is 0 Å². The summed E-state index contributed by atoms with van der Waals surface area (Å²) >= 11 is 0. The van der Waals surface area contributed by atoms with Crippen molar-refractivity contribution in [2.24, 2.45) is 7.05 Å². The summed E-state index contributed by atoms with van der Waals surface area (Å²) in [6, 6.07) is 11.1. The van der Waals surface area contributed by atoms with Gasteiger partial charge >= 0.3 is 5.97 Å². The van der Waals surface area contributed by atoms with Crippen molar-refractivity contribution in [3.63, 3.8) is 0 Å². The minimum Gasteiger partial charge on any atom is -0.468 e. The van der Waals surface area contributed by atoms with Gasteiger partial charge in [0.05, 0.1) is 18.5 Å². The molecule has 0 aliphatic heterocycles. The Morgan fingerprint density at radius 2 is 2.10 bits per heavy atom. The Balaban J connectivity index is 2.13. The lowest BCUT2D eigenvalue weighted by atomic mass is 10.1. The van der Waals surface area contributed by atoms with Crippen LogP contribution in [-0.2, 0) is 23.1 Å². The van der Waals surface area contributed by atoms with Gasteiger partial charge in [-0.25, -0.2) is 4.79 Å². The number of hydrogen-bond acceptors (Lipinski definition) is 4. The van der Waals surface area contributed by atoms with Crippen LogP contribution in [-0.4, -0.2) is 22.9 Å². The van der Waals surface area contributed by atoms with Crippen LogP contribution in [0.3, 0.4) is 0 Å². The first-order chi connectivity index (χ1) is 9.61. The van der Waals surface area contributed by atoms with Crippen LogP contribution in [0.2, 0.25) is 0 Å². The molecule has 1 unspecified atom stereocenters. The van der Waals surface area contributed by atoms with Gasteiger partial charge in [-0.05, 0) is 18.6 Å². The Bertz CT molecular complexity index is 578. The second-order valence-corrected chi connectivity index (χ2v) is 4.65. The number of nitrogens with one attached hydrogen (secondary N) is 1. The average Bonchev–Trinajstić information content (AvgIpc) is 2.78. The molecule has 2 rings (SSSR count). The highest BCUT2D eigenvalue weighted by molar-refractivity contribution is 5.77. The third-order valence-electron chi connectivity index (χ3n) is 3.16. The quantitative estimate of drug-likeness (QED) is 0.843. The van der Waals surface area contributed by atoms with Gasteiger partial charge < -0.3 is 4.74 Å². The Labute approximate surface area is 118 Å². The zero-order valence-corrected chi connectivity index (χ0v) is 12.0. The molecule has 106 valence electrons. The number of aromatic nitrogens is 2. The van der Waals surface area contributed by atoms with E-state index in [2.05, 4.69) is 10.4 Å². The largest absolute Gasteiger partial charge is 0.468 e. The fourth-order valence-corrected chi connectivity index (χ4v) is 2.14. The summed E-state index contributed by atoms with van der Waals surface area (Å²) in [5.74, 6) is -0.296. The normalized spacial score (nSPS) is 12.2. The molecular weight excluding hydrogens is 254 g/mol. The van der Waals surface area contributed by atoms with E-state index in [0.717, 1.165) is 17.0 Å². The van der Waals surface area contributed by atoms with Crippen LogP contribution in [0.25, 0.3) is 0 Å². The van der Waals surface area contributed by atoms with Crippen LogP contribution in [0.5, 0.6) is 0 Å². The zero-order chi connectivity index (χ0) is 14.5. The molecule has 1 N–H and O–H groups in total. The highest BCUT2D eigenvalue weighted by Crippen LogP contribution is 2.15. The standard InChI is InChI=1S/C15H19N3O2/c1-11-9-13(18(2)17-11)10-16-14(15(19)20-3)12-7-5-4-6-8-12/h4-9,14,16H,10H2,1-3H3. The van der Waals surface area contributed by atoms with Crippen molar-refractivity contribution in [1.29, 1.82) is 0 Å². The molecule has 1 heterocycles. The summed E-state index contributed by atoms with van der Waals surface area (Å²) in [4.78, 5) is 11.9. The number of benzene rings is 1. The molecule has 0 aliphatic carbocycles. The van der Waals surface area contributed by atoms with Crippen LogP contribution < -0.4 is 5.32 Å². The summed E-state index contributed by atoms with van der Waals surface area (Å²) < 4.78 is 6.67. The number of esters is 1. The summed E-state index contributed by atoms with van der Waals surface area (Å²) in [6.45, 7) is 2.49. The monoisotopic (exact) mass is 273 g/mol. The summed E-state index contributed by atoms with van der Waals surface area (Å²) in [5.41, 5.74) is 2.87. The van der Waals surface area contributed by atoms with Crippen LogP contribution >= 0.6 is 0 Å². The van der Waals surface area contributed by atoms with Crippen LogP contribution in [0.1, 0.15) is 23.0 Å². The number of aryl methyl sites for hydroxylation is 2. The Kier molecular flexibility index (Phi) is 4.53. The molecule has 0 aliphatic rings. The molecule has 0 fully saturated rings. The maximum atomic E-state index is 11.9. The molecule has 1 aromatic carbocycles. The van der Waals surface area contributed by atoms with Crippen molar-refractivity contribution < 1.29 is 9.53 Å². The number of carbonyl (C=O) groups excluding carboxylic acids is 1. The van der Waals surface area contributed by atoms with E-state index >= 15 is 0 Å². The molecule has 2 aromatic rings. The van der Waals surface area contributed by atoms with Crippen molar-refractivity contribution in [3.8, 4) is 0 Å². The van der Waals surface area contributed by atoms with E-state index in [9.17, 15) is 4.79 Å². The number of rotatable bonds is 5. The molecule has 20 heavy (non-hydrogen) atoms. The molecule has 0 spiro atoms. The second kappa shape index (κ2) is 6.34. The fourth-order valence-electron chi connectivity index (χ4n) is 2.14. The average molecular weight is 273 g/mol. The fraction of sp³-hybridized carbons (Fsp3) is 0.333. The molecule has 1 atom stereocenters. The van der Waals surface area contributed by atoms with Gasteiger partial charge in [-0.3, -0.25) is 10.00 Å². The van der Waals surface area contributed by atoms with E-state index in [0.29, 0.717) is 6.54 Å². The van der Waals surface area contributed by atoms with E-state index in [1.807, 2.05) is 55.1 Å². The molecule has 0 bridgehead atoms. The molecule has 0 radical (unpaired) electrons. The lowest BCUT2D eigenvalue weighted by Crippen LogP contribution is -2.29. The van der Waals surface area contributed by atoms with E-state index in [1.54, 1.807) is 0 Å². The third-order valence-corrected chi connectivity index (χ3v) is 3.16. The summed E-state index contributed by atoms with van der Waals surface area (Å²) in [6.07, 6.45) is 0. The third kappa shape index (κ3) is 3.24. The van der Waals surface area contributed by atoms with Crippen molar-refractivity contribution in [2.75, 3.05) is 7.11 Å². The van der Waals surface area contributed by atoms with Gasteiger partial charge in [-0.15, -0.1) is 0 Å². The number of hydrogen-bond donors (Lipinski definition) is 1. The molecule has 0 saturated carbocycles. The first kappa shape index (κ1) is 14.3. The van der Waals surface area contributed by atoms with Gasteiger partial charge in [-0.2, -0.15) is 5.10 Å². The highest BCUT2D eigenvalue weighted by Gasteiger charge is 2.20. The van der Waals surface area contributed by atoms with E-state index in [-0.39, 0.29) is 5.97 Å².